The van der Waals surface area contributed by atoms with Crippen LogP contribution in [0.5, 0.6) is 0 Å². The highest BCUT2D eigenvalue weighted by atomic mass is 35.5. The average molecular weight is 464 g/mol. The summed E-state index contributed by atoms with van der Waals surface area (Å²) in [6.45, 7) is 0.684. The lowest BCUT2D eigenvalue weighted by molar-refractivity contribution is -0.119. The van der Waals surface area contributed by atoms with Crippen LogP contribution >= 0.6 is 23.4 Å². The number of thioether (sulfide) groups is 1. The zero-order valence-corrected chi connectivity index (χ0v) is 18.5. The number of hydrogen-bond acceptors (Lipinski definition) is 5. The lowest BCUT2D eigenvalue weighted by Gasteiger charge is -2.20. The van der Waals surface area contributed by atoms with Crippen LogP contribution < -0.4 is 10.5 Å². The van der Waals surface area contributed by atoms with Crippen molar-refractivity contribution in [2.24, 2.45) is 0 Å². The first-order valence-corrected chi connectivity index (χ1v) is 11.7. The van der Waals surface area contributed by atoms with Crippen LogP contribution in [0.4, 0.5) is 5.69 Å². The van der Waals surface area contributed by atoms with E-state index < -0.39 is 0 Å². The highest BCUT2D eigenvalue weighted by molar-refractivity contribution is 7.99. The van der Waals surface area contributed by atoms with Crippen molar-refractivity contribution in [3.63, 3.8) is 0 Å². The van der Waals surface area contributed by atoms with Gasteiger partial charge >= 0.3 is 0 Å². The number of benzene rings is 2. The molecule has 6 rings (SSSR count). The molecule has 0 saturated heterocycles. The maximum atomic E-state index is 13.3. The van der Waals surface area contributed by atoms with E-state index in [0.717, 1.165) is 17.8 Å². The van der Waals surface area contributed by atoms with Crippen LogP contribution in [0.1, 0.15) is 18.0 Å². The maximum absolute atomic E-state index is 13.3. The van der Waals surface area contributed by atoms with Crippen LogP contribution in [0.3, 0.4) is 0 Å². The highest BCUT2D eigenvalue weighted by Crippen LogP contribution is 2.35. The molecule has 7 nitrogen and oxygen atoms in total. The topological polar surface area (TPSA) is 73.0 Å². The van der Waals surface area contributed by atoms with E-state index in [2.05, 4.69) is 11.2 Å². The van der Waals surface area contributed by atoms with Gasteiger partial charge < -0.3 is 4.90 Å². The molecule has 0 radical (unpaired) electrons. The molecule has 2 aromatic heterocycles. The largest absolute Gasteiger partial charge is 0.312 e. The van der Waals surface area contributed by atoms with Crippen molar-refractivity contribution >= 4 is 46.0 Å². The highest BCUT2D eigenvalue weighted by Gasteiger charge is 2.32. The minimum atomic E-state index is -0.228. The molecule has 0 bridgehead atoms. The van der Waals surface area contributed by atoms with Gasteiger partial charge in [-0.3, -0.25) is 14.2 Å². The number of anilines is 1. The molecule has 160 valence electrons. The number of para-hydroxylation sites is 1. The molecule has 2 aliphatic heterocycles. The Bertz CT molecular complexity index is 1450. The summed E-state index contributed by atoms with van der Waals surface area (Å²) in [5.74, 6) is 0.677. The number of halogens is 1. The second-order valence-electron chi connectivity index (χ2n) is 7.94. The first-order valence-electron chi connectivity index (χ1n) is 10.4. The summed E-state index contributed by atoms with van der Waals surface area (Å²) in [7, 11) is 0. The molecule has 4 heterocycles. The lowest BCUT2D eigenvalue weighted by Crippen LogP contribution is -2.33. The Morgan fingerprint density at radius 1 is 1.19 bits per heavy atom. The van der Waals surface area contributed by atoms with E-state index in [9.17, 15) is 9.59 Å². The second kappa shape index (κ2) is 7.50. The summed E-state index contributed by atoms with van der Waals surface area (Å²) in [4.78, 5) is 33.0. The summed E-state index contributed by atoms with van der Waals surface area (Å²) in [6, 6.07) is 15.0. The summed E-state index contributed by atoms with van der Waals surface area (Å²) in [6.07, 6.45) is 2.67. The predicted molar refractivity (Wildman–Crippen MR) is 125 cm³/mol. The molecule has 4 aromatic rings. The molecule has 0 N–H and O–H groups in total. The first kappa shape index (κ1) is 19.6. The molecule has 2 aliphatic rings. The summed E-state index contributed by atoms with van der Waals surface area (Å²) in [5.41, 5.74) is 3.24. The van der Waals surface area contributed by atoms with Crippen LogP contribution in [0.2, 0.25) is 5.02 Å². The fourth-order valence-corrected chi connectivity index (χ4v) is 5.80. The van der Waals surface area contributed by atoms with E-state index in [-0.39, 0.29) is 23.9 Å². The van der Waals surface area contributed by atoms with Gasteiger partial charge in [-0.15, -0.1) is 0 Å². The van der Waals surface area contributed by atoms with Crippen molar-refractivity contribution in [2.75, 3.05) is 17.2 Å². The third-order valence-corrected chi connectivity index (χ3v) is 7.35. The van der Waals surface area contributed by atoms with Gasteiger partial charge in [0.05, 0.1) is 17.9 Å². The van der Waals surface area contributed by atoms with Crippen LogP contribution in [0, 0.1) is 0 Å². The lowest BCUT2D eigenvalue weighted by atomic mass is 10.1. The molecular formula is C23H18ClN5O2S. The predicted octanol–water partition coefficient (Wildman–Crippen LogP) is 3.86. The van der Waals surface area contributed by atoms with Gasteiger partial charge in [0.2, 0.25) is 5.91 Å². The normalized spacial score (nSPS) is 17.0. The Kier molecular flexibility index (Phi) is 4.58. The SMILES string of the molecule is O=C(CC1CSc2nc3c(cnn3-c3cccc(Cl)c3)c(=O)n21)N1CCc2ccccc21. The van der Waals surface area contributed by atoms with Gasteiger partial charge in [-0.1, -0.05) is 47.6 Å². The number of amides is 1. The van der Waals surface area contributed by atoms with Crippen LogP contribution in [-0.4, -0.2) is 37.5 Å². The van der Waals surface area contributed by atoms with E-state index >= 15 is 0 Å². The Labute approximate surface area is 192 Å². The van der Waals surface area contributed by atoms with Crippen molar-refractivity contribution < 1.29 is 4.79 Å². The fraction of sp³-hybridized carbons (Fsp3) is 0.217. The van der Waals surface area contributed by atoms with E-state index in [0.29, 0.717) is 33.5 Å². The van der Waals surface area contributed by atoms with E-state index in [4.69, 9.17) is 16.6 Å². The summed E-state index contributed by atoms with van der Waals surface area (Å²) < 4.78 is 3.29. The van der Waals surface area contributed by atoms with Gasteiger partial charge in [0.15, 0.2) is 10.8 Å². The zero-order valence-electron chi connectivity index (χ0n) is 16.9. The Morgan fingerprint density at radius 2 is 2.06 bits per heavy atom. The third kappa shape index (κ3) is 3.05. The van der Waals surface area contributed by atoms with Crippen molar-refractivity contribution in [1.29, 1.82) is 0 Å². The number of aromatic nitrogens is 4. The minimum absolute atomic E-state index is 0.0371. The average Bonchev–Trinajstić information content (AvgIpc) is 3.51. The molecule has 2 aromatic carbocycles. The Morgan fingerprint density at radius 3 is 2.94 bits per heavy atom. The molecule has 1 amide bonds. The molecule has 9 heteroatoms. The van der Waals surface area contributed by atoms with Gasteiger partial charge in [-0.2, -0.15) is 5.10 Å². The minimum Gasteiger partial charge on any atom is -0.312 e. The first-order chi connectivity index (χ1) is 15.6. The molecule has 1 unspecified atom stereocenters. The van der Waals surface area contributed by atoms with E-state index in [1.807, 2.05) is 35.2 Å². The Hall–Kier alpha value is -3.10. The fourth-order valence-electron chi connectivity index (χ4n) is 4.49. The van der Waals surface area contributed by atoms with Gasteiger partial charge in [0.1, 0.15) is 5.39 Å². The second-order valence-corrected chi connectivity index (χ2v) is 9.36. The van der Waals surface area contributed by atoms with Crippen LogP contribution in [-0.2, 0) is 11.2 Å². The van der Waals surface area contributed by atoms with E-state index in [1.54, 1.807) is 21.4 Å². The van der Waals surface area contributed by atoms with Gasteiger partial charge in [0, 0.05) is 29.4 Å². The molecule has 1 atom stereocenters. The van der Waals surface area contributed by atoms with E-state index in [1.165, 1.54) is 23.5 Å². The maximum Gasteiger partial charge on any atom is 0.265 e. The van der Waals surface area contributed by atoms with Crippen LogP contribution in [0.25, 0.3) is 16.7 Å². The summed E-state index contributed by atoms with van der Waals surface area (Å²) >= 11 is 7.62. The third-order valence-electron chi connectivity index (χ3n) is 6.02. The number of fused-ring (bicyclic) bond motifs is 3. The van der Waals surface area contributed by atoms with Crippen molar-refractivity contribution in [2.45, 2.75) is 24.0 Å². The molecular weight excluding hydrogens is 446 g/mol. The van der Waals surface area contributed by atoms with Gasteiger partial charge in [-0.25, -0.2) is 9.67 Å². The zero-order chi connectivity index (χ0) is 21.8. The van der Waals surface area contributed by atoms with Crippen molar-refractivity contribution in [1.82, 2.24) is 19.3 Å². The quantitative estimate of drug-likeness (QED) is 0.431. The Balaban J connectivity index is 1.34. The standard InChI is InChI=1S/C23H18ClN5O2S/c24-15-5-3-6-16(10-15)29-21-18(12-25-29)22(31)28-17(13-32-23(28)26-21)11-20(30)27-9-8-14-4-1-2-7-19(14)27/h1-7,10,12,17H,8-9,11,13H2. The molecule has 32 heavy (non-hydrogen) atoms. The van der Waals surface area contributed by atoms with Crippen LogP contribution in [0.15, 0.2) is 64.7 Å². The molecule has 0 spiro atoms. The number of carbonyl (C=O) groups is 1. The number of rotatable bonds is 3. The monoisotopic (exact) mass is 463 g/mol. The molecule has 0 aliphatic carbocycles. The van der Waals surface area contributed by atoms with Crippen molar-refractivity contribution in [3.05, 3.63) is 75.7 Å². The van der Waals surface area contributed by atoms with Gasteiger partial charge in [-0.05, 0) is 36.2 Å². The molecule has 0 saturated carbocycles. The number of nitrogens with zero attached hydrogens (tertiary/aromatic N) is 5. The smallest absolute Gasteiger partial charge is 0.265 e. The van der Waals surface area contributed by atoms with Crippen molar-refractivity contribution in [3.8, 4) is 5.69 Å². The number of hydrogen-bond donors (Lipinski definition) is 0. The molecule has 0 fully saturated rings. The summed E-state index contributed by atoms with van der Waals surface area (Å²) in [5, 5.41) is 6.01. The van der Waals surface area contributed by atoms with Gasteiger partial charge in [0.25, 0.3) is 5.56 Å². The number of carbonyl (C=O) groups excluding carboxylic acids is 1.